The summed E-state index contributed by atoms with van der Waals surface area (Å²) in [6, 6.07) is 7.16. The molecule has 0 aliphatic carbocycles. The number of carbonyl (C=O) groups excluding carboxylic acids is 2. The maximum atomic E-state index is 13.2. The Morgan fingerprint density at radius 2 is 1.59 bits per heavy atom. The molecule has 1 atom stereocenters. The monoisotopic (exact) mass is 242 g/mol. The van der Waals surface area contributed by atoms with E-state index in [1.807, 2.05) is 0 Å². The van der Waals surface area contributed by atoms with Crippen molar-refractivity contribution in [2.75, 3.05) is 0 Å². The molecule has 0 spiro atoms. The van der Waals surface area contributed by atoms with Crippen molar-refractivity contribution in [1.29, 1.82) is 0 Å². The lowest BCUT2D eigenvalue weighted by atomic mass is 9.92. The number of hydrogen-bond acceptors (Lipinski definition) is 2. The van der Waals surface area contributed by atoms with Crippen LogP contribution in [0.5, 0.6) is 0 Å². The van der Waals surface area contributed by atoms with Crippen molar-refractivity contribution >= 4 is 11.6 Å². The summed E-state index contributed by atoms with van der Waals surface area (Å²) in [4.78, 5) is 22.3. The first-order valence-electron chi connectivity index (χ1n) is 4.75. The predicted molar refractivity (Wildman–Crippen MR) is 55.2 cm³/mol. The molecular formula is C12H9F3O2. The summed E-state index contributed by atoms with van der Waals surface area (Å²) >= 11 is 0. The molecule has 0 N–H and O–H groups in total. The topological polar surface area (TPSA) is 34.1 Å². The Hall–Kier alpha value is -1.91. The fraction of sp³-hybridized carbons (Fsp3) is 0.167. The van der Waals surface area contributed by atoms with Crippen LogP contribution in [0, 0.1) is 0 Å². The van der Waals surface area contributed by atoms with Crippen LogP contribution in [0.4, 0.5) is 13.2 Å². The Morgan fingerprint density at radius 1 is 1.06 bits per heavy atom. The van der Waals surface area contributed by atoms with E-state index < -0.39 is 29.4 Å². The van der Waals surface area contributed by atoms with Crippen LogP contribution < -0.4 is 0 Å². The van der Waals surface area contributed by atoms with Gasteiger partial charge in [0.25, 0.3) is 0 Å². The van der Waals surface area contributed by atoms with Crippen LogP contribution in [0.2, 0.25) is 0 Å². The van der Waals surface area contributed by atoms with E-state index in [2.05, 4.69) is 0 Å². The van der Waals surface area contributed by atoms with Crippen LogP contribution in [0.15, 0.2) is 42.2 Å². The van der Waals surface area contributed by atoms with Crippen LogP contribution in [0.3, 0.4) is 0 Å². The first kappa shape index (κ1) is 13.2. The van der Waals surface area contributed by atoms with E-state index in [-0.39, 0.29) is 5.56 Å². The number of benzene rings is 1. The molecule has 5 heteroatoms. The Morgan fingerprint density at radius 3 is 2.00 bits per heavy atom. The fourth-order valence-electron chi connectivity index (χ4n) is 1.37. The lowest BCUT2D eigenvalue weighted by molar-refractivity contribution is -0.136. The summed E-state index contributed by atoms with van der Waals surface area (Å²) < 4.78 is 37.7. The predicted octanol–water partition coefficient (Wildman–Crippen LogP) is 3.01. The van der Waals surface area contributed by atoms with E-state index >= 15 is 0 Å². The summed E-state index contributed by atoms with van der Waals surface area (Å²) in [7, 11) is 0. The Bertz CT molecular complexity index is 462. The number of ketones is 2. The van der Waals surface area contributed by atoms with Crippen molar-refractivity contribution in [1.82, 2.24) is 0 Å². The smallest absolute Gasteiger partial charge is 0.291 e. The third kappa shape index (κ3) is 3.03. The third-order valence-electron chi connectivity index (χ3n) is 2.18. The van der Waals surface area contributed by atoms with Gasteiger partial charge in [-0.3, -0.25) is 9.59 Å². The normalized spacial score (nSPS) is 11.8. The number of halogens is 3. The second-order valence-electron chi connectivity index (χ2n) is 3.37. The second kappa shape index (κ2) is 5.43. The third-order valence-corrected chi connectivity index (χ3v) is 2.18. The van der Waals surface area contributed by atoms with Gasteiger partial charge in [0.15, 0.2) is 11.6 Å². The van der Waals surface area contributed by atoms with Crippen LogP contribution >= 0.6 is 0 Å². The summed E-state index contributed by atoms with van der Waals surface area (Å²) in [6.45, 7) is 0.918. The molecule has 1 rings (SSSR count). The van der Waals surface area contributed by atoms with Gasteiger partial charge in [0.1, 0.15) is 5.92 Å². The molecule has 90 valence electrons. The van der Waals surface area contributed by atoms with Gasteiger partial charge in [-0.25, -0.2) is 4.39 Å². The van der Waals surface area contributed by atoms with E-state index in [1.54, 1.807) is 6.07 Å². The van der Waals surface area contributed by atoms with Crippen molar-refractivity contribution in [3.63, 3.8) is 0 Å². The van der Waals surface area contributed by atoms with Gasteiger partial charge in [-0.1, -0.05) is 30.3 Å². The Labute approximate surface area is 95.8 Å². The van der Waals surface area contributed by atoms with Gasteiger partial charge in [-0.2, -0.15) is 8.78 Å². The van der Waals surface area contributed by atoms with E-state index in [0.29, 0.717) is 0 Å². The van der Waals surface area contributed by atoms with Crippen LogP contribution in [-0.2, 0) is 9.59 Å². The number of carbonyl (C=O) groups is 2. The highest BCUT2D eigenvalue weighted by Gasteiger charge is 2.31. The molecule has 0 fully saturated rings. The lowest BCUT2D eigenvalue weighted by Crippen LogP contribution is -2.20. The van der Waals surface area contributed by atoms with Gasteiger partial charge in [-0.05, 0) is 5.56 Å². The van der Waals surface area contributed by atoms with Crippen molar-refractivity contribution in [3.8, 4) is 0 Å². The number of allylic oxidation sites excluding steroid dienone is 1. The highest BCUT2D eigenvalue weighted by atomic mass is 19.3. The van der Waals surface area contributed by atoms with Crippen molar-refractivity contribution < 1.29 is 22.8 Å². The molecule has 0 saturated carbocycles. The first-order valence-corrected chi connectivity index (χ1v) is 4.75. The summed E-state index contributed by atoms with van der Waals surface area (Å²) in [5, 5.41) is 0. The van der Waals surface area contributed by atoms with E-state index in [9.17, 15) is 22.8 Å². The molecule has 0 bridgehead atoms. The lowest BCUT2D eigenvalue weighted by Gasteiger charge is -2.11. The highest BCUT2D eigenvalue weighted by molar-refractivity contribution is 6.38. The quantitative estimate of drug-likeness (QED) is 0.760. The zero-order chi connectivity index (χ0) is 13.0. The van der Waals surface area contributed by atoms with Crippen LogP contribution in [0.1, 0.15) is 18.4 Å². The number of Topliss-reactive ketones (excluding diaryl/α,β-unsaturated/α-hetero) is 2. The molecule has 1 aromatic rings. The second-order valence-corrected chi connectivity index (χ2v) is 3.37. The molecule has 1 aromatic carbocycles. The van der Waals surface area contributed by atoms with Gasteiger partial charge in [0.2, 0.25) is 5.78 Å². The fourth-order valence-corrected chi connectivity index (χ4v) is 1.37. The van der Waals surface area contributed by atoms with E-state index in [0.717, 1.165) is 6.92 Å². The Kier molecular flexibility index (Phi) is 4.20. The first-order chi connectivity index (χ1) is 7.95. The minimum absolute atomic E-state index is 0.0259. The molecule has 17 heavy (non-hydrogen) atoms. The maximum Gasteiger partial charge on any atom is 0.302 e. The van der Waals surface area contributed by atoms with Crippen molar-refractivity contribution in [2.24, 2.45) is 0 Å². The number of hydrogen-bond donors (Lipinski definition) is 0. The summed E-state index contributed by atoms with van der Waals surface area (Å²) in [6.07, 6.45) is -2.59. The zero-order valence-electron chi connectivity index (χ0n) is 8.91. The summed E-state index contributed by atoms with van der Waals surface area (Å²) in [5.41, 5.74) is 0.0259. The molecule has 0 aliphatic rings. The maximum absolute atomic E-state index is 13.2. The van der Waals surface area contributed by atoms with Crippen LogP contribution in [0.25, 0.3) is 0 Å². The van der Waals surface area contributed by atoms with Crippen molar-refractivity contribution in [2.45, 2.75) is 12.8 Å². The SMILES string of the molecule is CC(=O)C(=O)C(C(F)=C(F)F)c1ccccc1. The van der Waals surface area contributed by atoms with E-state index in [4.69, 9.17) is 0 Å². The molecule has 0 heterocycles. The minimum Gasteiger partial charge on any atom is -0.291 e. The Balaban J connectivity index is 3.27. The van der Waals surface area contributed by atoms with Crippen molar-refractivity contribution in [3.05, 3.63) is 47.8 Å². The molecule has 0 amide bonds. The molecule has 0 aliphatic heterocycles. The molecule has 2 nitrogen and oxygen atoms in total. The molecular weight excluding hydrogens is 233 g/mol. The standard InChI is InChI=1S/C12H9F3O2/c1-7(16)11(17)9(10(13)12(14)15)8-5-3-2-4-6-8/h2-6,9H,1H3. The van der Waals surface area contributed by atoms with Gasteiger partial charge in [-0.15, -0.1) is 0 Å². The summed E-state index contributed by atoms with van der Waals surface area (Å²) in [5.74, 6) is -5.88. The largest absolute Gasteiger partial charge is 0.302 e. The van der Waals surface area contributed by atoms with Gasteiger partial charge in [0.05, 0.1) is 0 Å². The number of rotatable bonds is 4. The molecule has 0 saturated heterocycles. The van der Waals surface area contributed by atoms with Gasteiger partial charge >= 0.3 is 6.08 Å². The van der Waals surface area contributed by atoms with Gasteiger partial charge in [0, 0.05) is 6.92 Å². The highest BCUT2D eigenvalue weighted by Crippen LogP contribution is 2.30. The zero-order valence-corrected chi connectivity index (χ0v) is 8.91. The average molecular weight is 242 g/mol. The van der Waals surface area contributed by atoms with Crippen LogP contribution in [-0.4, -0.2) is 11.6 Å². The van der Waals surface area contributed by atoms with E-state index in [1.165, 1.54) is 24.3 Å². The average Bonchev–Trinajstić information content (AvgIpc) is 2.30. The molecule has 0 aromatic heterocycles. The molecule has 1 unspecified atom stereocenters. The van der Waals surface area contributed by atoms with Gasteiger partial charge < -0.3 is 0 Å². The molecule has 0 radical (unpaired) electrons. The minimum atomic E-state index is -2.59.